The second kappa shape index (κ2) is 4.52. The molecule has 0 spiro atoms. The Labute approximate surface area is 105 Å². The van der Waals surface area contributed by atoms with Crippen LogP contribution in [-0.4, -0.2) is 34.3 Å². The zero-order valence-corrected chi connectivity index (χ0v) is 9.97. The summed E-state index contributed by atoms with van der Waals surface area (Å²) in [5.41, 5.74) is -1.23. The van der Waals surface area contributed by atoms with Crippen molar-refractivity contribution in [1.82, 2.24) is 0 Å². The van der Waals surface area contributed by atoms with E-state index in [9.17, 15) is 36.6 Å². The van der Waals surface area contributed by atoms with E-state index in [2.05, 4.69) is 0 Å². The molecular weight excluding hydrogens is 278 g/mol. The highest BCUT2D eigenvalue weighted by atomic mass is 19.4. The first-order valence-corrected chi connectivity index (χ1v) is 5.25. The number of hydrogen-bond acceptors (Lipinski definition) is 2. The summed E-state index contributed by atoms with van der Waals surface area (Å²) in [6.45, 7) is 2.26. The van der Waals surface area contributed by atoms with Crippen LogP contribution >= 0.6 is 0 Å². The average Bonchev–Trinajstić information content (AvgIpc) is 2.23. The third kappa shape index (κ3) is 2.64. The fourth-order valence-corrected chi connectivity index (χ4v) is 1.68. The summed E-state index contributed by atoms with van der Waals surface area (Å²) in [6, 6.07) is 0. The van der Waals surface area contributed by atoms with Gasteiger partial charge in [-0.25, -0.2) is 4.39 Å². The fourth-order valence-electron chi connectivity index (χ4n) is 1.68. The molecule has 0 saturated carbocycles. The molecule has 0 saturated heterocycles. The molecule has 0 radical (unpaired) electrons. The summed E-state index contributed by atoms with van der Waals surface area (Å²) in [6.07, 6.45) is -8.38. The number of alkyl halides is 6. The molecule has 0 heterocycles. The Morgan fingerprint density at radius 1 is 1.21 bits per heavy atom. The van der Waals surface area contributed by atoms with Crippen molar-refractivity contribution in [2.24, 2.45) is 5.92 Å². The van der Waals surface area contributed by atoms with Crippen LogP contribution in [0.3, 0.4) is 0 Å². The lowest BCUT2D eigenvalue weighted by Crippen LogP contribution is -2.47. The smallest absolute Gasteiger partial charge is 0.362 e. The summed E-state index contributed by atoms with van der Waals surface area (Å²) in [5.74, 6) is -9.15. The molecule has 110 valence electrons. The summed E-state index contributed by atoms with van der Waals surface area (Å²) in [7, 11) is 0. The molecule has 1 aliphatic carbocycles. The highest BCUT2D eigenvalue weighted by Crippen LogP contribution is 2.44. The van der Waals surface area contributed by atoms with Gasteiger partial charge >= 0.3 is 12.1 Å². The number of aliphatic hydroxyl groups is 2. The van der Waals surface area contributed by atoms with Gasteiger partial charge in [-0.1, -0.05) is 19.1 Å². The third-order valence-electron chi connectivity index (χ3n) is 3.03. The maximum absolute atomic E-state index is 13.4. The Hall–Kier alpha value is -1.02. The van der Waals surface area contributed by atoms with E-state index in [0.717, 1.165) is 13.8 Å². The fraction of sp³-hybridized carbons (Fsp3) is 0.636. The zero-order valence-electron chi connectivity index (χ0n) is 9.97. The Morgan fingerprint density at radius 2 is 1.68 bits per heavy atom. The standard InChI is InChI=1S/C11H12F6O2/c1-5-3-7(4-6(2)9(5,18)19)8(12)10(13,14)11(15,16)17/h3-5,8,18-19H,1-2H3. The summed E-state index contributed by atoms with van der Waals surface area (Å²) < 4.78 is 75.3. The van der Waals surface area contributed by atoms with E-state index in [4.69, 9.17) is 0 Å². The van der Waals surface area contributed by atoms with Crippen LogP contribution in [0.1, 0.15) is 13.8 Å². The predicted molar refractivity (Wildman–Crippen MR) is 54.1 cm³/mol. The highest BCUT2D eigenvalue weighted by molar-refractivity contribution is 5.37. The Morgan fingerprint density at radius 3 is 2.05 bits per heavy atom. The molecule has 8 heteroatoms. The lowest BCUT2D eigenvalue weighted by molar-refractivity contribution is -0.298. The van der Waals surface area contributed by atoms with E-state index in [1.807, 2.05) is 0 Å². The van der Waals surface area contributed by atoms with Crippen LogP contribution in [0.4, 0.5) is 26.3 Å². The van der Waals surface area contributed by atoms with Gasteiger partial charge in [0.05, 0.1) is 0 Å². The molecule has 1 aliphatic rings. The van der Waals surface area contributed by atoms with Crippen molar-refractivity contribution in [2.45, 2.75) is 37.9 Å². The van der Waals surface area contributed by atoms with Crippen LogP contribution < -0.4 is 0 Å². The minimum Gasteiger partial charge on any atom is -0.362 e. The van der Waals surface area contributed by atoms with Crippen molar-refractivity contribution < 1.29 is 36.6 Å². The molecule has 0 aliphatic heterocycles. The van der Waals surface area contributed by atoms with Gasteiger partial charge in [-0.2, -0.15) is 22.0 Å². The van der Waals surface area contributed by atoms with Gasteiger partial charge in [-0.05, 0) is 18.1 Å². The van der Waals surface area contributed by atoms with E-state index in [0.29, 0.717) is 12.2 Å². The molecule has 0 bridgehead atoms. The van der Waals surface area contributed by atoms with E-state index in [1.54, 1.807) is 0 Å². The van der Waals surface area contributed by atoms with E-state index >= 15 is 0 Å². The monoisotopic (exact) mass is 290 g/mol. The van der Waals surface area contributed by atoms with Gasteiger partial charge < -0.3 is 10.2 Å². The summed E-state index contributed by atoms with van der Waals surface area (Å²) in [5, 5.41) is 19.0. The van der Waals surface area contributed by atoms with Gasteiger partial charge in [-0.3, -0.25) is 0 Å². The molecule has 0 aromatic rings. The minimum absolute atomic E-state index is 0.307. The Bertz CT molecular complexity index is 421. The lowest BCUT2D eigenvalue weighted by Gasteiger charge is -2.33. The maximum atomic E-state index is 13.4. The van der Waals surface area contributed by atoms with Crippen molar-refractivity contribution in [1.29, 1.82) is 0 Å². The van der Waals surface area contributed by atoms with E-state index in [-0.39, 0.29) is 5.57 Å². The second-order valence-corrected chi connectivity index (χ2v) is 4.49. The van der Waals surface area contributed by atoms with Crippen LogP contribution in [0.5, 0.6) is 0 Å². The van der Waals surface area contributed by atoms with Crippen LogP contribution in [0, 0.1) is 5.92 Å². The number of rotatable bonds is 2. The van der Waals surface area contributed by atoms with Gasteiger partial charge in [0.1, 0.15) is 0 Å². The predicted octanol–water partition coefficient (Wildman–Crippen LogP) is 2.73. The van der Waals surface area contributed by atoms with Gasteiger partial charge in [0.25, 0.3) is 0 Å². The first-order chi connectivity index (χ1) is 8.31. The zero-order chi connectivity index (χ0) is 15.2. The van der Waals surface area contributed by atoms with Crippen molar-refractivity contribution >= 4 is 0 Å². The van der Waals surface area contributed by atoms with Gasteiger partial charge in [-0.15, -0.1) is 0 Å². The third-order valence-corrected chi connectivity index (χ3v) is 3.03. The van der Waals surface area contributed by atoms with Crippen LogP contribution in [0.2, 0.25) is 0 Å². The van der Waals surface area contributed by atoms with E-state index in [1.165, 1.54) is 0 Å². The number of halogens is 6. The van der Waals surface area contributed by atoms with Crippen LogP contribution in [-0.2, 0) is 0 Å². The van der Waals surface area contributed by atoms with Crippen molar-refractivity contribution in [3.63, 3.8) is 0 Å². The van der Waals surface area contributed by atoms with Gasteiger partial charge in [0.15, 0.2) is 12.0 Å². The molecule has 1 rings (SSSR count). The first-order valence-electron chi connectivity index (χ1n) is 5.25. The van der Waals surface area contributed by atoms with Crippen LogP contribution in [0.25, 0.3) is 0 Å². The minimum atomic E-state index is -6.02. The van der Waals surface area contributed by atoms with Crippen molar-refractivity contribution in [3.05, 3.63) is 23.3 Å². The molecular formula is C11H12F6O2. The molecule has 0 fully saturated rings. The lowest BCUT2D eigenvalue weighted by atomic mass is 9.84. The molecule has 2 N–H and O–H groups in total. The maximum Gasteiger partial charge on any atom is 0.456 e. The Kier molecular flexibility index (Phi) is 3.81. The molecule has 2 unspecified atom stereocenters. The second-order valence-electron chi connectivity index (χ2n) is 4.49. The highest BCUT2D eigenvalue weighted by Gasteiger charge is 2.64. The quantitative estimate of drug-likeness (QED) is 0.606. The molecule has 2 atom stereocenters. The van der Waals surface area contributed by atoms with Crippen molar-refractivity contribution in [3.8, 4) is 0 Å². The number of allylic oxidation sites excluding steroid dienone is 2. The van der Waals surface area contributed by atoms with E-state index < -0.39 is 35.5 Å². The first kappa shape index (κ1) is 16.0. The van der Waals surface area contributed by atoms with Crippen LogP contribution in [0.15, 0.2) is 23.3 Å². The summed E-state index contributed by atoms with van der Waals surface area (Å²) >= 11 is 0. The van der Waals surface area contributed by atoms with Gasteiger partial charge in [0, 0.05) is 5.92 Å². The average molecular weight is 290 g/mol. The molecule has 2 nitrogen and oxygen atoms in total. The normalized spacial score (nSPS) is 25.7. The molecule has 19 heavy (non-hydrogen) atoms. The Balaban J connectivity index is 3.14. The SMILES string of the molecule is CC1=CC(C(F)C(F)(F)C(F)(F)F)=CC(C)C1(O)O. The topological polar surface area (TPSA) is 40.5 Å². The molecule has 0 aromatic carbocycles. The largest absolute Gasteiger partial charge is 0.456 e. The molecule has 0 amide bonds. The number of hydrogen-bond donors (Lipinski definition) is 2. The van der Waals surface area contributed by atoms with Crippen molar-refractivity contribution in [2.75, 3.05) is 0 Å². The molecule has 0 aromatic heterocycles. The summed E-state index contributed by atoms with van der Waals surface area (Å²) in [4.78, 5) is 0. The van der Waals surface area contributed by atoms with Gasteiger partial charge in [0.2, 0.25) is 0 Å².